The van der Waals surface area contributed by atoms with Crippen LogP contribution in [0.5, 0.6) is 0 Å². The largest absolute Gasteiger partial charge is 0.381 e. The van der Waals surface area contributed by atoms with Crippen LogP contribution in [0.4, 0.5) is 0 Å². The lowest BCUT2D eigenvalue weighted by Gasteiger charge is -2.27. The molecule has 5 nitrogen and oxygen atoms in total. The van der Waals surface area contributed by atoms with Crippen LogP contribution in [0.2, 0.25) is 0 Å². The molecule has 1 saturated heterocycles. The van der Waals surface area contributed by atoms with E-state index in [0.717, 1.165) is 52.5 Å². The van der Waals surface area contributed by atoms with Crippen LogP contribution in [-0.2, 0) is 9.47 Å². The molecule has 2 N–H and O–H groups in total. The number of nitrogens with two attached hydrogens (primary N) is 1. The second-order valence-electron chi connectivity index (χ2n) is 5.57. The molecule has 21 heavy (non-hydrogen) atoms. The normalized spacial score (nSPS) is 16.4. The summed E-state index contributed by atoms with van der Waals surface area (Å²) in [6.07, 6.45) is 8.81. The SMILES string of the molecule is CCCCCCCCOCCCN=C(N)N1CCOCC1. The Balaban J connectivity index is 1.87. The number of rotatable bonds is 11. The van der Waals surface area contributed by atoms with E-state index in [2.05, 4.69) is 16.8 Å². The van der Waals surface area contributed by atoms with Gasteiger partial charge in [0, 0.05) is 32.8 Å². The zero-order valence-electron chi connectivity index (χ0n) is 13.7. The summed E-state index contributed by atoms with van der Waals surface area (Å²) in [5.41, 5.74) is 5.95. The van der Waals surface area contributed by atoms with Gasteiger partial charge in [0.2, 0.25) is 0 Å². The summed E-state index contributed by atoms with van der Waals surface area (Å²) in [6, 6.07) is 0. The molecular weight excluding hydrogens is 266 g/mol. The van der Waals surface area contributed by atoms with Crippen LogP contribution in [0, 0.1) is 0 Å². The Morgan fingerprint density at radius 2 is 1.71 bits per heavy atom. The molecule has 1 rings (SSSR count). The van der Waals surface area contributed by atoms with E-state index in [1.807, 2.05) is 0 Å². The molecular formula is C16H33N3O2. The number of hydrogen-bond acceptors (Lipinski definition) is 3. The molecule has 0 aromatic heterocycles. The number of nitrogens with zero attached hydrogens (tertiary/aromatic N) is 2. The van der Waals surface area contributed by atoms with Crippen molar-refractivity contribution in [1.82, 2.24) is 4.90 Å². The average molecular weight is 299 g/mol. The summed E-state index contributed by atoms with van der Waals surface area (Å²) in [7, 11) is 0. The van der Waals surface area contributed by atoms with Crippen molar-refractivity contribution >= 4 is 5.96 Å². The molecule has 0 spiro atoms. The lowest BCUT2D eigenvalue weighted by molar-refractivity contribution is 0.0673. The van der Waals surface area contributed by atoms with Gasteiger partial charge >= 0.3 is 0 Å². The van der Waals surface area contributed by atoms with Crippen LogP contribution >= 0.6 is 0 Å². The first kappa shape index (κ1) is 18.2. The van der Waals surface area contributed by atoms with Crippen molar-refractivity contribution in [2.24, 2.45) is 10.7 Å². The van der Waals surface area contributed by atoms with Crippen LogP contribution < -0.4 is 5.73 Å². The lowest BCUT2D eigenvalue weighted by atomic mass is 10.1. The predicted octanol–water partition coefficient (Wildman–Crippen LogP) is 2.40. The van der Waals surface area contributed by atoms with E-state index in [1.54, 1.807) is 0 Å². The minimum Gasteiger partial charge on any atom is -0.381 e. The topological polar surface area (TPSA) is 60.1 Å². The molecule has 0 unspecified atom stereocenters. The molecule has 0 aromatic rings. The summed E-state index contributed by atoms with van der Waals surface area (Å²) in [6.45, 7) is 7.86. The first-order valence-corrected chi connectivity index (χ1v) is 8.55. The van der Waals surface area contributed by atoms with Gasteiger partial charge in [0.15, 0.2) is 5.96 Å². The maximum atomic E-state index is 5.95. The van der Waals surface area contributed by atoms with Crippen LogP contribution in [0.1, 0.15) is 51.9 Å². The molecule has 0 saturated carbocycles. The Morgan fingerprint density at radius 3 is 2.48 bits per heavy atom. The fourth-order valence-electron chi connectivity index (χ4n) is 2.34. The van der Waals surface area contributed by atoms with E-state index in [9.17, 15) is 0 Å². The summed E-state index contributed by atoms with van der Waals surface area (Å²) in [5.74, 6) is 0.647. The number of unbranched alkanes of at least 4 members (excludes halogenated alkanes) is 5. The highest BCUT2D eigenvalue weighted by molar-refractivity contribution is 5.78. The van der Waals surface area contributed by atoms with Crippen LogP contribution in [-0.4, -0.2) is 56.9 Å². The van der Waals surface area contributed by atoms with E-state index >= 15 is 0 Å². The maximum Gasteiger partial charge on any atom is 0.191 e. The molecule has 1 aliphatic heterocycles. The third-order valence-electron chi connectivity index (χ3n) is 3.70. The average Bonchev–Trinajstić information content (AvgIpc) is 2.53. The Kier molecular flexibility index (Phi) is 11.2. The zero-order valence-corrected chi connectivity index (χ0v) is 13.7. The standard InChI is InChI=1S/C16H33N3O2/c1-2-3-4-5-6-7-12-20-13-8-9-18-16(17)19-10-14-21-15-11-19/h2-15H2,1H3,(H2,17,18). The van der Waals surface area contributed by atoms with Crippen molar-refractivity contribution in [2.75, 3.05) is 46.1 Å². The highest BCUT2D eigenvalue weighted by atomic mass is 16.5. The number of morpholine rings is 1. The van der Waals surface area contributed by atoms with Gasteiger partial charge in [-0.2, -0.15) is 0 Å². The van der Waals surface area contributed by atoms with Gasteiger partial charge in [0.05, 0.1) is 13.2 Å². The summed E-state index contributed by atoms with van der Waals surface area (Å²) in [4.78, 5) is 6.48. The quantitative estimate of drug-likeness (QED) is 0.361. The van der Waals surface area contributed by atoms with Gasteiger partial charge in [-0.25, -0.2) is 0 Å². The van der Waals surface area contributed by atoms with Crippen molar-refractivity contribution < 1.29 is 9.47 Å². The second kappa shape index (κ2) is 12.9. The fraction of sp³-hybridized carbons (Fsp3) is 0.938. The minimum atomic E-state index is 0.647. The Morgan fingerprint density at radius 1 is 1.05 bits per heavy atom. The molecule has 0 bridgehead atoms. The first-order valence-electron chi connectivity index (χ1n) is 8.55. The molecule has 1 aliphatic rings. The minimum absolute atomic E-state index is 0.647. The monoisotopic (exact) mass is 299 g/mol. The molecule has 0 amide bonds. The predicted molar refractivity (Wildman–Crippen MR) is 87.7 cm³/mol. The van der Waals surface area contributed by atoms with E-state index in [1.165, 1.54) is 38.5 Å². The van der Waals surface area contributed by atoms with Crippen LogP contribution in [0.25, 0.3) is 0 Å². The van der Waals surface area contributed by atoms with E-state index in [-0.39, 0.29) is 0 Å². The van der Waals surface area contributed by atoms with Gasteiger partial charge in [-0.05, 0) is 12.8 Å². The molecule has 0 aliphatic carbocycles. The van der Waals surface area contributed by atoms with Gasteiger partial charge in [-0.1, -0.05) is 39.0 Å². The van der Waals surface area contributed by atoms with E-state index in [0.29, 0.717) is 5.96 Å². The molecule has 0 radical (unpaired) electrons. The third kappa shape index (κ3) is 9.69. The number of guanidine groups is 1. The fourth-order valence-corrected chi connectivity index (χ4v) is 2.34. The molecule has 1 heterocycles. The second-order valence-corrected chi connectivity index (χ2v) is 5.57. The first-order chi connectivity index (χ1) is 10.3. The number of hydrogen-bond donors (Lipinski definition) is 1. The zero-order chi connectivity index (χ0) is 15.2. The third-order valence-corrected chi connectivity index (χ3v) is 3.70. The van der Waals surface area contributed by atoms with Gasteiger partial charge < -0.3 is 20.1 Å². The summed E-state index contributed by atoms with van der Waals surface area (Å²) >= 11 is 0. The smallest absolute Gasteiger partial charge is 0.191 e. The van der Waals surface area contributed by atoms with Gasteiger partial charge in [0.25, 0.3) is 0 Å². The lowest BCUT2D eigenvalue weighted by Crippen LogP contribution is -2.44. The highest BCUT2D eigenvalue weighted by Gasteiger charge is 2.11. The Bertz CT molecular complexity index is 266. The van der Waals surface area contributed by atoms with Crippen molar-refractivity contribution in [3.8, 4) is 0 Å². The van der Waals surface area contributed by atoms with Gasteiger partial charge in [-0.3, -0.25) is 4.99 Å². The summed E-state index contributed by atoms with van der Waals surface area (Å²) in [5, 5.41) is 0. The van der Waals surface area contributed by atoms with Crippen molar-refractivity contribution in [2.45, 2.75) is 51.9 Å². The van der Waals surface area contributed by atoms with Crippen LogP contribution in [0.15, 0.2) is 4.99 Å². The molecule has 0 aromatic carbocycles. The molecule has 124 valence electrons. The van der Waals surface area contributed by atoms with E-state index in [4.69, 9.17) is 15.2 Å². The Labute approximate surface area is 129 Å². The highest BCUT2D eigenvalue weighted by Crippen LogP contribution is 2.05. The number of ether oxygens (including phenoxy) is 2. The Hall–Kier alpha value is -0.810. The van der Waals surface area contributed by atoms with Gasteiger partial charge in [-0.15, -0.1) is 0 Å². The van der Waals surface area contributed by atoms with Gasteiger partial charge in [0.1, 0.15) is 0 Å². The number of aliphatic imine (C=N–C) groups is 1. The van der Waals surface area contributed by atoms with Crippen LogP contribution in [0.3, 0.4) is 0 Å². The molecule has 1 fully saturated rings. The maximum absolute atomic E-state index is 5.95. The molecule has 0 atom stereocenters. The summed E-state index contributed by atoms with van der Waals surface area (Å²) < 4.78 is 10.9. The van der Waals surface area contributed by atoms with Crippen molar-refractivity contribution in [3.63, 3.8) is 0 Å². The molecule has 5 heteroatoms. The van der Waals surface area contributed by atoms with Crippen molar-refractivity contribution in [3.05, 3.63) is 0 Å². The van der Waals surface area contributed by atoms with Crippen molar-refractivity contribution in [1.29, 1.82) is 0 Å². The van der Waals surface area contributed by atoms with E-state index < -0.39 is 0 Å².